The molecule has 0 unspecified atom stereocenters. The first kappa shape index (κ1) is 49.7. The van der Waals surface area contributed by atoms with Crippen molar-refractivity contribution in [2.45, 2.75) is 151 Å². The van der Waals surface area contributed by atoms with Crippen molar-refractivity contribution in [3.05, 3.63) is 159 Å². The molecule has 0 atom stereocenters. The summed E-state index contributed by atoms with van der Waals surface area (Å²) in [4.78, 5) is 0. The second-order valence-electron chi connectivity index (χ2n) is 20.4. The fourth-order valence-corrected chi connectivity index (χ4v) is 8.00. The van der Waals surface area contributed by atoms with Crippen molar-refractivity contribution in [3.8, 4) is 11.1 Å². The Bertz CT molecular complexity index is 1910. The van der Waals surface area contributed by atoms with Gasteiger partial charge in [-0.1, -0.05) is 146 Å². The average molecular weight is 867 g/mol. The van der Waals surface area contributed by atoms with E-state index in [0.717, 1.165) is 12.8 Å². The predicted molar refractivity (Wildman–Crippen MR) is 235 cm³/mol. The summed E-state index contributed by atoms with van der Waals surface area (Å²) in [5, 5.41) is 0. The van der Waals surface area contributed by atoms with Crippen molar-refractivity contribution < 1.29 is 49.0 Å². The van der Waals surface area contributed by atoms with E-state index in [1.807, 2.05) is 0 Å². The van der Waals surface area contributed by atoms with E-state index >= 15 is 0 Å². The van der Waals surface area contributed by atoms with Crippen LogP contribution in [0.1, 0.15) is 166 Å². The fraction of sp³-hybridized carbons (Fsp3) is 0.434. The summed E-state index contributed by atoms with van der Waals surface area (Å²) >= 11 is 1.46. The fourth-order valence-electron chi connectivity index (χ4n) is 7.18. The van der Waals surface area contributed by atoms with Gasteiger partial charge in [0.25, 0.3) is 0 Å². The number of fused-ring (bicyclic) bond motifs is 3. The number of halogens is 2. The van der Waals surface area contributed by atoms with Gasteiger partial charge in [0, 0.05) is 0 Å². The summed E-state index contributed by atoms with van der Waals surface area (Å²) in [6.45, 7) is 36.9. The number of benzene rings is 4. The molecule has 0 spiro atoms. The van der Waals surface area contributed by atoms with Crippen molar-refractivity contribution in [2.75, 3.05) is 0 Å². The van der Waals surface area contributed by atoms with E-state index in [1.165, 1.54) is 94.2 Å². The molecule has 0 aromatic heterocycles. The molecule has 0 heterocycles. The summed E-state index contributed by atoms with van der Waals surface area (Å²) in [5.41, 5.74) is 17.8. The van der Waals surface area contributed by atoms with Gasteiger partial charge < -0.3 is 24.8 Å². The third kappa shape index (κ3) is 12.5. The minimum absolute atomic E-state index is 0. The van der Waals surface area contributed by atoms with Gasteiger partial charge in [-0.15, -0.1) is 16.7 Å². The van der Waals surface area contributed by atoms with E-state index in [-0.39, 0.29) is 46.5 Å². The molecule has 56 heavy (non-hydrogen) atoms. The molecule has 1 aliphatic rings. The Morgan fingerprint density at radius 1 is 0.571 bits per heavy atom. The first-order valence-electron chi connectivity index (χ1n) is 20.1. The molecule has 6 rings (SSSR count). The molecule has 0 aliphatic heterocycles. The van der Waals surface area contributed by atoms with Crippen molar-refractivity contribution in [3.63, 3.8) is 0 Å². The van der Waals surface area contributed by atoms with Crippen LogP contribution in [-0.4, -0.2) is 3.21 Å². The molecule has 0 saturated heterocycles. The Labute approximate surface area is 370 Å². The first-order valence-corrected chi connectivity index (χ1v) is 21.3. The normalized spacial score (nSPS) is 12.5. The molecule has 0 N–H and O–H groups in total. The van der Waals surface area contributed by atoms with Crippen LogP contribution in [0.3, 0.4) is 0 Å². The zero-order valence-electron chi connectivity index (χ0n) is 37.4. The molecular formula is C53H68Cl2Zr-2. The summed E-state index contributed by atoms with van der Waals surface area (Å²) in [7, 11) is 0. The summed E-state index contributed by atoms with van der Waals surface area (Å²) in [6.07, 6.45) is 2.15. The number of rotatable bonds is 3. The molecule has 0 bridgehead atoms. The van der Waals surface area contributed by atoms with E-state index in [4.69, 9.17) is 0 Å². The molecule has 0 saturated carbocycles. The van der Waals surface area contributed by atoms with E-state index < -0.39 is 0 Å². The van der Waals surface area contributed by atoms with Crippen molar-refractivity contribution in [1.29, 1.82) is 0 Å². The topological polar surface area (TPSA) is 0 Å². The summed E-state index contributed by atoms with van der Waals surface area (Å²) in [5.74, 6) is 0. The Morgan fingerprint density at radius 2 is 1.02 bits per heavy atom. The molecular weight excluding hydrogens is 799 g/mol. The molecule has 0 radical (unpaired) electrons. The third-order valence-electron chi connectivity index (χ3n) is 10.5. The maximum absolute atomic E-state index is 3.90. The molecule has 5 aromatic rings. The van der Waals surface area contributed by atoms with Gasteiger partial charge in [0.15, 0.2) is 0 Å². The zero-order chi connectivity index (χ0) is 40.4. The van der Waals surface area contributed by atoms with E-state index in [0.29, 0.717) is 5.41 Å². The Hall–Kier alpha value is -2.44. The van der Waals surface area contributed by atoms with Crippen LogP contribution in [0, 0.1) is 6.07 Å². The number of hydrogen-bond donors (Lipinski definition) is 0. The predicted octanol–water partition coefficient (Wildman–Crippen LogP) is 8.32. The molecule has 1 aliphatic carbocycles. The van der Waals surface area contributed by atoms with Crippen LogP contribution in [0.4, 0.5) is 0 Å². The standard InChI is InChI=1S/C29H41.C13H10.C11H17.2ClH.Zr/c1-26(2,3)22-14-18-13-19-15-23(27(4,5)6)25(29(10,11)12)17-21(19)20(18)16-24(22)28(7,8)9;1-3-7-12(8-4-1)11-13-9-5-2-6-10-13;1-5-9-6-7-10(8-9)11(2,3)4;;;/h14,16-17H,13H2,1-12H3;1-10H;6-8H,5H2,1-4H3;2*1H;/q-1;;-1;;;+2/p-2. The quantitative estimate of drug-likeness (QED) is 0.157. The molecule has 0 fully saturated rings. The van der Waals surface area contributed by atoms with Crippen LogP contribution in [0.2, 0.25) is 0 Å². The van der Waals surface area contributed by atoms with Crippen molar-refractivity contribution in [2.24, 2.45) is 0 Å². The van der Waals surface area contributed by atoms with Crippen molar-refractivity contribution in [1.82, 2.24) is 0 Å². The van der Waals surface area contributed by atoms with Crippen LogP contribution in [0.15, 0.2) is 97.1 Å². The second kappa shape index (κ2) is 19.1. The zero-order valence-corrected chi connectivity index (χ0v) is 41.4. The van der Waals surface area contributed by atoms with Crippen molar-refractivity contribution >= 4 is 3.21 Å². The number of hydrogen-bond acceptors (Lipinski definition) is 0. The minimum atomic E-state index is 0. The Morgan fingerprint density at radius 3 is 1.39 bits per heavy atom. The van der Waals surface area contributed by atoms with Crippen LogP contribution < -0.4 is 24.8 Å². The van der Waals surface area contributed by atoms with E-state index in [1.54, 1.807) is 0 Å². The van der Waals surface area contributed by atoms with Gasteiger partial charge >= 0.3 is 99.2 Å². The van der Waals surface area contributed by atoms with E-state index in [2.05, 4.69) is 214 Å². The second-order valence-corrected chi connectivity index (χ2v) is 21.6. The van der Waals surface area contributed by atoms with Gasteiger partial charge in [-0.2, -0.15) is 41.0 Å². The Balaban J connectivity index is 0.000000332. The SMILES string of the molecule is CC(C)(C)c1[c-]c2c(cc1C(C)(C)C)-c1cc(C(C)(C)C)c(C(C)(C)C)cc1C2.CCc1cc(C(C)(C)C)c[cH-]1.[Cl-].[Cl-].[Zr+2]=[C](c1ccccc1)c1ccccc1. The summed E-state index contributed by atoms with van der Waals surface area (Å²) in [6, 6.07) is 39.3. The maximum atomic E-state index is 3.90. The number of aryl methyl sites for hydroxylation is 1. The molecule has 5 aromatic carbocycles. The van der Waals surface area contributed by atoms with Gasteiger partial charge in [0.2, 0.25) is 0 Å². The van der Waals surface area contributed by atoms with Gasteiger partial charge in [0.1, 0.15) is 0 Å². The Kier molecular flexibility index (Phi) is 16.9. The van der Waals surface area contributed by atoms with Crippen LogP contribution in [0.25, 0.3) is 11.1 Å². The summed E-state index contributed by atoms with van der Waals surface area (Å²) < 4.78 is 1.42. The van der Waals surface area contributed by atoms with Crippen LogP contribution in [0.5, 0.6) is 0 Å². The molecule has 0 amide bonds. The van der Waals surface area contributed by atoms with Gasteiger partial charge in [-0.25, -0.2) is 6.07 Å². The molecule has 300 valence electrons. The van der Waals surface area contributed by atoms with Gasteiger partial charge in [-0.3, -0.25) is 0 Å². The molecule has 0 nitrogen and oxygen atoms in total. The van der Waals surface area contributed by atoms with Crippen LogP contribution in [-0.2, 0) is 64.2 Å². The average Bonchev–Trinajstić information content (AvgIpc) is 3.72. The monoisotopic (exact) mass is 864 g/mol. The molecule has 3 heteroatoms. The van der Waals surface area contributed by atoms with Gasteiger partial charge in [0.05, 0.1) is 0 Å². The van der Waals surface area contributed by atoms with Gasteiger partial charge in [-0.05, 0) is 39.4 Å². The third-order valence-corrected chi connectivity index (χ3v) is 11.9. The van der Waals surface area contributed by atoms with E-state index in [9.17, 15) is 0 Å². The first-order chi connectivity index (χ1) is 24.8. The van der Waals surface area contributed by atoms with Crippen LogP contribution >= 0.6 is 0 Å².